The molecule has 2 atom stereocenters. The zero-order chi connectivity index (χ0) is 20.8. The summed E-state index contributed by atoms with van der Waals surface area (Å²) in [4.78, 5) is 17.0. The second-order valence-corrected chi connectivity index (χ2v) is 7.43. The minimum atomic E-state index is -0.395. The van der Waals surface area contributed by atoms with Crippen molar-refractivity contribution in [2.24, 2.45) is 5.92 Å². The van der Waals surface area contributed by atoms with Gasteiger partial charge >= 0.3 is 0 Å². The van der Waals surface area contributed by atoms with Gasteiger partial charge in [-0.05, 0) is 37.1 Å². The molecule has 0 fully saturated rings. The van der Waals surface area contributed by atoms with Crippen LogP contribution in [0.3, 0.4) is 0 Å². The summed E-state index contributed by atoms with van der Waals surface area (Å²) in [5.74, 6) is 1.31. The molecule has 0 bridgehead atoms. The third-order valence-corrected chi connectivity index (χ3v) is 4.98. The van der Waals surface area contributed by atoms with E-state index in [2.05, 4.69) is 15.5 Å². The largest absolute Gasteiger partial charge is 0.484 e. The van der Waals surface area contributed by atoms with E-state index in [1.807, 2.05) is 45.0 Å². The Kier molecular flexibility index (Phi) is 6.88. The highest BCUT2D eigenvalue weighted by atomic mass is 35.5. The van der Waals surface area contributed by atoms with Crippen molar-refractivity contribution in [3.05, 3.63) is 65.0 Å². The topological polar surface area (TPSA) is 77.2 Å². The summed E-state index contributed by atoms with van der Waals surface area (Å²) in [5.41, 5.74) is 2.02. The lowest BCUT2D eigenvalue weighted by molar-refractivity contribution is -0.124. The standard InChI is InChI=1S/C22H24ClN3O3/c1-4-15(3)20(24-19(27)13-28-18-11-9-17(23)10-12-18)22-25-21(26-29-22)16-7-5-14(2)6-8-16/h5-12,15,20H,4,13H2,1-3H3,(H,24,27)/t15-,20-/m0/s1. The third kappa shape index (κ3) is 5.57. The fraction of sp³-hybridized carbons (Fsp3) is 0.318. The molecule has 1 aromatic heterocycles. The third-order valence-electron chi connectivity index (χ3n) is 4.73. The minimum Gasteiger partial charge on any atom is -0.484 e. The van der Waals surface area contributed by atoms with Crippen molar-refractivity contribution in [2.75, 3.05) is 6.61 Å². The fourth-order valence-electron chi connectivity index (χ4n) is 2.76. The van der Waals surface area contributed by atoms with Crippen molar-refractivity contribution in [1.82, 2.24) is 15.5 Å². The number of carbonyl (C=O) groups excluding carboxylic acids is 1. The molecule has 0 unspecified atom stereocenters. The van der Waals surface area contributed by atoms with Gasteiger partial charge in [0.05, 0.1) is 0 Å². The number of ether oxygens (including phenoxy) is 1. The first-order valence-corrected chi connectivity index (χ1v) is 9.92. The number of aromatic nitrogens is 2. The number of hydrogen-bond acceptors (Lipinski definition) is 5. The van der Waals surface area contributed by atoms with E-state index in [9.17, 15) is 4.79 Å². The van der Waals surface area contributed by atoms with Crippen molar-refractivity contribution in [2.45, 2.75) is 33.2 Å². The lowest BCUT2D eigenvalue weighted by Gasteiger charge is -2.20. The number of hydrogen-bond donors (Lipinski definition) is 1. The monoisotopic (exact) mass is 413 g/mol. The maximum atomic E-state index is 12.4. The molecule has 0 saturated carbocycles. The van der Waals surface area contributed by atoms with Gasteiger partial charge < -0.3 is 14.6 Å². The predicted molar refractivity (Wildman–Crippen MR) is 112 cm³/mol. The maximum absolute atomic E-state index is 12.4. The summed E-state index contributed by atoms with van der Waals surface area (Å²) >= 11 is 5.86. The Morgan fingerprint density at radius 3 is 2.52 bits per heavy atom. The van der Waals surface area contributed by atoms with E-state index in [-0.39, 0.29) is 18.4 Å². The quantitative estimate of drug-likeness (QED) is 0.563. The van der Waals surface area contributed by atoms with Crippen molar-refractivity contribution >= 4 is 17.5 Å². The summed E-state index contributed by atoms with van der Waals surface area (Å²) in [5, 5.41) is 7.65. The molecule has 7 heteroatoms. The Labute approximate surface area is 175 Å². The summed E-state index contributed by atoms with van der Waals surface area (Å²) in [6.45, 7) is 5.98. The van der Waals surface area contributed by atoms with E-state index in [1.165, 1.54) is 0 Å². The number of nitrogens with one attached hydrogen (secondary N) is 1. The SMILES string of the molecule is CC[C@H](C)[C@H](NC(=O)COc1ccc(Cl)cc1)c1nc(-c2ccc(C)cc2)no1. The molecule has 0 aliphatic rings. The van der Waals surface area contributed by atoms with E-state index in [1.54, 1.807) is 24.3 Å². The van der Waals surface area contributed by atoms with Crippen LogP contribution in [0.25, 0.3) is 11.4 Å². The van der Waals surface area contributed by atoms with Crippen molar-refractivity contribution in [3.8, 4) is 17.1 Å². The van der Waals surface area contributed by atoms with Gasteiger partial charge in [-0.2, -0.15) is 4.98 Å². The van der Waals surface area contributed by atoms with Gasteiger partial charge in [-0.1, -0.05) is 66.9 Å². The van der Waals surface area contributed by atoms with Crippen LogP contribution in [-0.4, -0.2) is 22.7 Å². The van der Waals surface area contributed by atoms with Crippen LogP contribution in [0.2, 0.25) is 5.02 Å². The predicted octanol–water partition coefficient (Wildman–Crippen LogP) is 4.98. The van der Waals surface area contributed by atoms with Gasteiger partial charge in [0.1, 0.15) is 11.8 Å². The van der Waals surface area contributed by atoms with E-state index in [0.29, 0.717) is 22.5 Å². The number of benzene rings is 2. The normalized spacial score (nSPS) is 13.0. The fourth-order valence-corrected chi connectivity index (χ4v) is 2.89. The average Bonchev–Trinajstić information content (AvgIpc) is 3.21. The highest BCUT2D eigenvalue weighted by Crippen LogP contribution is 2.26. The Hall–Kier alpha value is -2.86. The van der Waals surface area contributed by atoms with Gasteiger partial charge in [-0.25, -0.2) is 0 Å². The van der Waals surface area contributed by atoms with Gasteiger partial charge in [0.25, 0.3) is 5.91 Å². The Morgan fingerprint density at radius 2 is 1.86 bits per heavy atom. The second-order valence-electron chi connectivity index (χ2n) is 7.00. The number of amides is 1. The molecule has 3 aromatic rings. The number of rotatable bonds is 8. The van der Waals surface area contributed by atoms with Crippen LogP contribution >= 0.6 is 11.6 Å². The van der Waals surface area contributed by atoms with Crippen LogP contribution in [0.15, 0.2) is 53.1 Å². The summed E-state index contributed by atoms with van der Waals surface area (Å²) in [6.07, 6.45) is 0.839. The first-order chi connectivity index (χ1) is 14.0. The Morgan fingerprint density at radius 1 is 1.17 bits per heavy atom. The van der Waals surface area contributed by atoms with Crippen LogP contribution in [0.1, 0.15) is 37.8 Å². The number of aryl methyl sites for hydroxylation is 1. The number of carbonyl (C=O) groups is 1. The molecule has 6 nitrogen and oxygen atoms in total. The number of nitrogens with zero attached hydrogens (tertiary/aromatic N) is 2. The van der Waals surface area contributed by atoms with Gasteiger partial charge in [-0.3, -0.25) is 4.79 Å². The molecule has 2 aromatic carbocycles. The minimum absolute atomic E-state index is 0.112. The molecule has 0 saturated heterocycles. The van der Waals surface area contributed by atoms with E-state index < -0.39 is 6.04 Å². The molecule has 0 radical (unpaired) electrons. The molecule has 0 aliphatic carbocycles. The van der Waals surface area contributed by atoms with Gasteiger partial charge in [0.15, 0.2) is 6.61 Å². The lowest BCUT2D eigenvalue weighted by atomic mass is 9.99. The molecule has 29 heavy (non-hydrogen) atoms. The average molecular weight is 414 g/mol. The Bertz CT molecular complexity index is 939. The molecule has 0 aliphatic heterocycles. The Balaban J connectivity index is 1.68. The summed E-state index contributed by atoms with van der Waals surface area (Å²) in [7, 11) is 0. The molecule has 0 spiro atoms. The van der Waals surface area contributed by atoms with Crippen molar-refractivity contribution < 1.29 is 14.1 Å². The van der Waals surface area contributed by atoms with E-state index >= 15 is 0 Å². The molecular weight excluding hydrogens is 390 g/mol. The molecule has 3 rings (SSSR count). The van der Waals surface area contributed by atoms with Crippen LogP contribution in [0, 0.1) is 12.8 Å². The molecule has 1 amide bonds. The zero-order valence-corrected chi connectivity index (χ0v) is 17.4. The lowest BCUT2D eigenvalue weighted by Crippen LogP contribution is -2.36. The molecule has 1 heterocycles. The highest BCUT2D eigenvalue weighted by Gasteiger charge is 2.26. The maximum Gasteiger partial charge on any atom is 0.258 e. The van der Waals surface area contributed by atoms with Gasteiger partial charge in [0, 0.05) is 10.6 Å². The van der Waals surface area contributed by atoms with Crippen molar-refractivity contribution in [3.63, 3.8) is 0 Å². The number of halogens is 1. The first-order valence-electron chi connectivity index (χ1n) is 9.54. The van der Waals surface area contributed by atoms with Crippen LogP contribution in [0.5, 0.6) is 5.75 Å². The van der Waals surface area contributed by atoms with Crippen LogP contribution in [-0.2, 0) is 4.79 Å². The van der Waals surface area contributed by atoms with Gasteiger partial charge in [-0.15, -0.1) is 0 Å². The molecule has 1 N–H and O–H groups in total. The van der Waals surface area contributed by atoms with E-state index in [0.717, 1.165) is 17.5 Å². The van der Waals surface area contributed by atoms with Gasteiger partial charge in [0.2, 0.25) is 11.7 Å². The smallest absolute Gasteiger partial charge is 0.258 e. The molecule has 152 valence electrons. The van der Waals surface area contributed by atoms with Crippen LogP contribution < -0.4 is 10.1 Å². The van der Waals surface area contributed by atoms with E-state index in [4.69, 9.17) is 20.9 Å². The highest BCUT2D eigenvalue weighted by molar-refractivity contribution is 6.30. The summed E-state index contributed by atoms with van der Waals surface area (Å²) < 4.78 is 11.0. The summed E-state index contributed by atoms with van der Waals surface area (Å²) in [6, 6.07) is 14.3. The van der Waals surface area contributed by atoms with Crippen LogP contribution in [0.4, 0.5) is 0 Å². The zero-order valence-electron chi connectivity index (χ0n) is 16.7. The molecular formula is C22H24ClN3O3. The van der Waals surface area contributed by atoms with Crippen molar-refractivity contribution in [1.29, 1.82) is 0 Å². The first kappa shape index (κ1) is 20.9. The second kappa shape index (κ2) is 9.56.